The van der Waals surface area contributed by atoms with Gasteiger partial charge in [0, 0.05) is 12.6 Å². The van der Waals surface area contributed by atoms with Crippen LogP contribution in [0.25, 0.3) is 0 Å². The van der Waals surface area contributed by atoms with E-state index in [9.17, 15) is 5.11 Å². The lowest BCUT2D eigenvalue weighted by Crippen LogP contribution is -2.47. The van der Waals surface area contributed by atoms with Crippen molar-refractivity contribution in [3.8, 4) is 0 Å². The third-order valence-electron chi connectivity index (χ3n) is 5.47. The average Bonchev–Trinajstić information content (AvgIpc) is 2.89. The molecule has 2 aliphatic rings. The summed E-state index contributed by atoms with van der Waals surface area (Å²) in [5, 5.41) is 10.8. The van der Waals surface area contributed by atoms with Crippen LogP contribution in [0.3, 0.4) is 0 Å². The van der Waals surface area contributed by atoms with Crippen LogP contribution in [0.15, 0.2) is 0 Å². The molecule has 0 aromatic heterocycles. The van der Waals surface area contributed by atoms with Crippen LogP contribution in [0.2, 0.25) is 0 Å². The molecule has 118 valence electrons. The Hall–Kier alpha value is -0.0800. The predicted octanol–water partition coefficient (Wildman–Crippen LogP) is 4.51. The van der Waals surface area contributed by atoms with Crippen molar-refractivity contribution in [1.82, 2.24) is 4.90 Å². The molecule has 0 radical (unpaired) electrons. The number of hydrogen-bond acceptors (Lipinski definition) is 2. The maximum absolute atomic E-state index is 10.8. The van der Waals surface area contributed by atoms with Crippen LogP contribution in [0.4, 0.5) is 0 Å². The Morgan fingerprint density at radius 1 is 1.00 bits per heavy atom. The van der Waals surface area contributed by atoms with Crippen molar-refractivity contribution < 1.29 is 5.11 Å². The Balaban J connectivity index is 1.52. The number of rotatable bonds is 9. The van der Waals surface area contributed by atoms with E-state index < -0.39 is 0 Å². The molecule has 0 saturated carbocycles. The lowest BCUT2D eigenvalue weighted by atomic mass is 9.82. The van der Waals surface area contributed by atoms with E-state index in [-0.39, 0.29) is 5.60 Å². The summed E-state index contributed by atoms with van der Waals surface area (Å²) in [5.41, 5.74) is -0.326. The molecule has 0 bridgehead atoms. The standard InChI is InChI=1S/C18H35NO/c1-2-3-4-5-6-7-8-9-12-18(20)13-15-19-14-10-11-17(19)16-18/h17,20H,2-16H2,1H3. The first kappa shape index (κ1) is 16.3. The Kier molecular flexibility index (Phi) is 6.83. The van der Waals surface area contributed by atoms with Gasteiger partial charge in [0.25, 0.3) is 0 Å². The van der Waals surface area contributed by atoms with Gasteiger partial charge in [0.15, 0.2) is 0 Å². The number of unbranched alkanes of at least 4 members (excludes halogenated alkanes) is 7. The highest BCUT2D eigenvalue weighted by Gasteiger charge is 2.39. The highest BCUT2D eigenvalue weighted by Crippen LogP contribution is 2.36. The third-order valence-corrected chi connectivity index (χ3v) is 5.47. The second kappa shape index (κ2) is 8.38. The van der Waals surface area contributed by atoms with Crippen molar-refractivity contribution in [2.75, 3.05) is 13.1 Å². The second-order valence-electron chi connectivity index (χ2n) is 7.24. The highest BCUT2D eigenvalue weighted by molar-refractivity contribution is 4.94. The van der Waals surface area contributed by atoms with Gasteiger partial charge in [-0.05, 0) is 38.6 Å². The predicted molar refractivity (Wildman–Crippen MR) is 86.0 cm³/mol. The van der Waals surface area contributed by atoms with Crippen LogP contribution in [0.5, 0.6) is 0 Å². The zero-order chi connectivity index (χ0) is 14.3. The fourth-order valence-corrected chi connectivity index (χ4v) is 4.13. The van der Waals surface area contributed by atoms with Crippen molar-refractivity contribution >= 4 is 0 Å². The molecule has 0 amide bonds. The van der Waals surface area contributed by atoms with Gasteiger partial charge in [-0.1, -0.05) is 58.3 Å². The smallest absolute Gasteiger partial charge is 0.0674 e. The molecular formula is C18H35NO. The molecular weight excluding hydrogens is 246 g/mol. The van der Waals surface area contributed by atoms with E-state index in [1.54, 1.807) is 0 Å². The molecule has 2 fully saturated rings. The average molecular weight is 281 g/mol. The van der Waals surface area contributed by atoms with Gasteiger partial charge in [0.2, 0.25) is 0 Å². The molecule has 0 aromatic carbocycles. The van der Waals surface area contributed by atoms with E-state index in [0.717, 1.165) is 25.8 Å². The number of piperidine rings is 1. The summed E-state index contributed by atoms with van der Waals surface area (Å²) >= 11 is 0. The molecule has 2 heterocycles. The van der Waals surface area contributed by atoms with Crippen LogP contribution in [-0.2, 0) is 0 Å². The van der Waals surface area contributed by atoms with Gasteiger partial charge in [-0.15, -0.1) is 0 Å². The van der Waals surface area contributed by atoms with Gasteiger partial charge in [0.05, 0.1) is 5.60 Å². The molecule has 2 aliphatic heterocycles. The SMILES string of the molecule is CCCCCCCCCCC1(O)CCN2CCCC2C1. The van der Waals surface area contributed by atoms with Crippen molar-refractivity contribution in [3.63, 3.8) is 0 Å². The molecule has 20 heavy (non-hydrogen) atoms. The first-order chi connectivity index (χ1) is 9.73. The Bertz CT molecular complexity index is 268. The summed E-state index contributed by atoms with van der Waals surface area (Å²) in [7, 11) is 0. The molecule has 2 rings (SSSR count). The van der Waals surface area contributed by atoms with Crippen LogP contribution in [-0.4, -0.2) is 34.7 Å². The summed E-state index contributed by atoms with van der Waals surface area (Å²) in [6, 6.07) is 0.697. The van der Waals surface area contributed by atoms with Crippen LogP contribution >= 0.6 is 0 Å². The highest BCUT2D eigenvalue weighted by atomic mass is 16.3. The Morgan fingerprint density at radius 2 is 1.70 bits per heavy atom. The maximum Gasteiger partial charge on any atom is 0.0674 e. The Morgan fingerprint density at radius 3 is 2.45 bits per heavy atom. The summed E-state index contributed by atoms with van der Waals surface area (Å²) < 4.78 is 0. The van der Waals surface area contributed by atoms with Crippen molar-refractivity contribution in [2.24, 2.45) is 0 Å². The molecule has 1 N–H and O–H groups in total. The van der Waals surface area contributed by atoms with Gasteiger partial charge in [-0.25, -0.2) is 0 Å². The first-order valence-corrected chi connectivity index (χ1v) is 9.20. The van der Waals surface area contributed by atoms with Crippen molar-refractivity contribution in [2.45, 2.75) is 102 Å². The molecule has 0 aromatic rings. The number of aliphatic hydroxyl groups is 1. The summed E-state index contributed by atoms with van der Waals surface area (Å²) in [5.74, 6) is 0. The summed E-state index contributed by atoms with van der Waals surface area (Å²) in [6.07, 6.45) is 16.7. The maximum atomic E-state index is 10.8. The molecule has 0 aliphatic carbocycles. The zero-order valence-corrected chi connectivity index (χ0v) is 13.6. The first-order valence-electron chi connectivity index (χ1n) is 9.20. The molecule has 2 nitrogen and oxygen atoms in total. The van der Waals surface area contributed by atoms with Crippen molar-refractivity contribution in [3.05, 3.63) is 0 Å². The molecule has 2 atom stereocenters. The zero-order valence-electron chi connectivity index (χ0n) is 13.6. The fraction of sp³-hybridized carbons (Fsp3) is 1.00. The fourth-order valence-electron chi connectivity index (χ4n) is 4.13. The van der Waals surface area contributed by atoms with E-state index in [0.29, 0.717) is 6.04 Å². The molecule has 0 spiro atoms. The Labute approximate surface area is 125 Å². The minimum Gasteiger partial charge on any atom is -0.390 e. The van der Waals surface area contributed by atoms with E-state index in [1.165, 1.54) is 70.8 Å². The monoisotopic (exact) mass is 281 g/mol. The topological polar surface area (TPSA) is 23.5 Å². The van der Waals surface area contributed by atoms with E-state index in [1.807, 2.05) is 0 Å². The largest absolute Gasteiger partial charge is 0.390 e. The quantitative estimate of drug-likeness (QED) is 0.629. The van der Waals surface area contributed by atoms with E-state index >= 15 is 0 Å². The minimum absolute atomic E-state index is 0.326. The number of fused-ring (bicyclic) bond motifs is 1. The van der Waals surface area contributed by atoms with Gasteiger partial charge >= 0.3 is 0 Å². The minimum atomic E-state index is -0.326. The van der Waals surface area contributed by atoms with E-state index in [4.69, 9.17) is 0 Å². The molecule has 2 unspecified atom stereocenters. The summed E-state index contributed by atoms with van der Waals surface area (Å²) in [6.45, 7) is 4.69. The van der Waals surface area contributed by atoms with E-state index in [2.05, 4.69) is 11.8 Å². The van der Waals surface area contributed by atoms with Crippen LogP contribution in [0.1, 0.15) is 90.4 Å². The normalized spacial score (nSPS) is 30.6. The molecule has 2 heteroatoms. The van der Waals surface area contributed by atoms with Crippen molar-refractivity contribution in [1.29, 1.82) is 0 Å². The summed E-state index contributed by atoms with van der Waals surface area (Å²) in [4.78, 5) is 2.60. The third kappa shape index (κ3) is 5.04. The lowest BCUT2D eigenvalue weighted by molar-refractivity contribution is -0.0434. The van der Waals surface area contributed by atoms with Gasteiger partial charge in [-0.3, -0.25) is 0 Å². The van der Waals surface area contributed by atoms with Crippen LogP contribution < -0.4 is 0 Å². The molecule has 2 saturated heterocycles. The lowest BCUT2D eigenvalue weighted by Gasteiger charge is -2.41. The van der Waals surface area contributed by atoms with Gasteiger partial charge < -0.3 is 10.0 Å². The van der Waals surface area contributed by atoms with Gasteiger partial charge in [-0.2, -0.15) is 0 Å². The number of nitrogens with zero attached hydrogens (tertiary/aromatic N) is 1. The van der Waals surface area contributed by atoms with Gasteiger partial charge in [0.1, 0.15) is 0 Å². The van der Waals surface area contributed by atoms with Crippen LogP contribution in [0, 0.1) is 0 Å². The second-order valence-corrected chi connectivity index (χ2v) is 7.24. The number of hydrogen-bond donors (Lipinski definition) is 1.